The molecule has 3 saturated carbocycles. The zero-order chi connectivity index (χ0) is 16.4. The van der Waals surface area contributed by atoms with E-state index in [1.807, 2.05) is 6.92 Å². The molecule has 0 aliphatic heterocycles. The fourth-order valence-electron chi connectivity index (χ4n) is 7.25. The molecule has 6 atom stereocenters. The normalized spacial score (nSPS) is 49.0. The Hall–Kier alpha value is -0.920. The summed E-state index contributed by atoms with van der Waals surface area (Å²) in [5.41, 5.74) is 3.02. The predicted octanol–water partition coefficient (Wildman–Crippen LogP) is 5.17. The number of hydrogen-bond acceptors (Lipinski definition) is 2. The van der Waals surface area contributed by atoms with Gasteiger partial charge in [-0.15, -0.1) is 0 Å². The van der Waals surface area contributed by atoms with Gasteiger partial charge in [-0.1, -0.05) is 19.4 Å². The van der Waals surface area contributed by atoms with Gasteiger partial charge in [0.2, 0.25) is 0 Å². The number of allylic oxidation sites excluding steroid dienone is 2. The second-order valence-corrected chi connectivity index (χ2v) is 9.31. The van der Waals surface area contributed by atoms with E-state index in [1.165, 1.54) is 38.5 Å². The van der Waals surface area contributed by atoms with Crippen LogP contribution in [0, 0.1) is 39.9 Å². The van der Waals surface area contributed by atoms with Crippen LogP contribution in [0.5, 0.6) is 0 Å². The molecule has 0 aromatic carbocycles. The van der Waals surface area contributed by atoms with Crippen LogP contribution in [0.4, 0.5) is 0 Å². The number of carbonyl (C=O) groups is 1. The molecule has 2 heteroatoms. The van der Waals surface area contributed by atoms with Gasteiger partial charge in [0.1, 0.15) is 5.78 Å². The van der Waals surface area contributed by atoms with Crippen molar-refractivity contribution in [3.8, 4) is 0 Å². The van der Waals surface area contributed by atoms with Gasteiger partial charge < -0.3 is 5.41 Å². The SMILES string of the molecule is CC(=O)C1CCC2C3CCC4=CC(=N)CCC4(C)C3CCC12C. The molecule has 0 aromatic heterocycles. The number of fused-ring (bicyclic) bond motifs is 5. The van der Waals surface area contributed by atoms with Crippen LogP contribution in [0.15, 0.2) is 11.6 Å². The summed E-state index contributed by atoms with van der Waals surface area (Å²) in [6, 6.07) is 0. The molecule has 1 N–H and O–H groups in total. The van der Waals surface area contributed by atoms with Crippen molar-refractivity contribution in [2.75, 3.05) is 0 Å². The number of ketones is 1. The predicted molar refractivity (Wildman–Crippen MR) is 93.6 cm³/mol. The Morgan fingerprint density at radius 2 is 1.87 bits per heavy atom. The van der Waals surface area contributed by atoms with E-state index >= 15 is 0 Å². The van der Waals surface area contributed by atoms with Crippen molar-refractivity contribution in [3.63, 3.8) is 0 Å². The molecular formula is C21H31NO. The minimum atomic E-state index is 0.270. The topological polar surface area (TPSA) is 40.9 Å². The van der Waals surface area contributed by atoms with E-state index < -0.39 is 0 Å². The maximum absolute atomic E-state index is 12.2. The van der Waals surface area contributed by atoms with Crippen LogP contribution in [0.25, 0.3) is 0 Å². The molecule has 6 unspecified atom stereocenters. The van der Waals surface area contributed by atoms with Gasteiger partial charge in [-0.2, -0.15) is 0 Å². The van der Waals surface area contributed by atoms with Gasteiger partial charge in [0.25, 0.3) is 0 Å². The lowest BCUT2D eigenvalue weighted by Crippen LogP contribution is -2.51. The van der Waals surface area contributed by atoms with Gasteiger partial charge in [-0.25, -0.2) is 0 Å². The molecule has 0 bridgehead atoms. The van der Waals surface area contributed by atoms with Crippen LogP contribution >= 0.6 is 0 Å². The summed E-state index contributed by atoms with van der Waals surface area (Å²) in [6.07, 6.45) is 11.8. The lowest BCUT2D eigenvalue weighted by molar-refractivity contribution is -0.127. The molecule has 126 valence electrons. The third-order valence-corrected chi connectivity index (χ3v) is 8.49. The molecule has 0 amide bonds. The van der Waals surface area contributed by atoms with Gasteiger partial charge in [-0.05, 0) is 93.0 Å². The lowest BCUT2D eigenvalue weighted by Gasteiger charge is -2.58. The van der Waals surface area contributed by atoms with Gasteiger partial charge in [-0.3, -0.25) is 4.79 Å². The Morgan fingerprint density at radius 1 is 1.09 bits per heavy atom. The molecule has 4 rings (SSSR count). The molecule has 23 heavy (non-hydrogen) atoms. The Kier molecular flexibility index (Phi) is 3.42. The molecule has 4 aliphatic carbocycles. The Balaban J connectivity index is 1.67. The van der Waals surface area contributed by atoms with Crippen LogP contribution < -0.4 is 0 Å². The highest BCUT2D eigenvalue weighted by molar-refractivity contribution is 5.94. The summed E-state index contributed by atoms with van der Waals surface area (Å²) in [4.78, 5) is 12.2. The highest BCUT2D eigenvalue weighted by Crippen LogP contribution is 2.66. The molecule has 0 aromatic rings. The molecule has 0 heterocycles. The second-order valence-electron chi connectivity index (χ2n) is 9.31. The van der Waals surface area contributed by atoms with Crippen molar-refractivity contribution in [3.05, 3.63) is 11.6 Å². The Bertz CT molecular complexity index is 591. The van der Waals surface area contributed by atoms with Gasteiger partial charge in [0.05, 0.1) is 0 Å². The third-order valence-electron chi connectivity index (χ3n) is 8.49. The third kappa shape index (κ3) is 2.06. The molecule has 0 saturated heterocycles. The van der Waals surface area contributed by atoms with E-state index in [0.717, 1.165) is 36.3 Å². The first kappa shape index (κ1) is 15.6. The Labute approximate surface area is 140 Å². The van der Waals surface area contributed by atoms with Crippen molar-refractivity contribution >= 4 is 11.5 Å². The van der Waals surface area contributed by atoms with E-state index in [0.29, 0.717) is 17.1 Å². The maximum atomic E-state index is 12.2. The minimum absolute atomic E-state index is 0.270. The number of rotatable bonds is 1. The highest BCUT2D eigenvalue weighted by atomic mass is 16.1. The van der Waals surface area contributed by atoms with Crippen LogP contribution in [0.3, 0.4) is 0 Å². The fourth-order valence-corrected chi connectivity index (χ4v) is 7.25. The monoisotopic (exact) mass is 313 g/mol. The number of Topliss-reactive ketones (excluding diaryl/α,β-unsaturated/α-hetero) is 1. The summed E-state index contributed by atoms with van der Waals surface area (Å²) in [5, 5.41) is 8.04. The van der Waals surface area contributed by atoms with Crippen LogP contribution in [-0.4, -0.2) is 11.5 Å². The summed E-state index contributed by atoms with van der Waals surface area (Å²) in [7, 11) is 0. The number of nitrogens with one attached hydrogen (secondary N) is 1. The summed E-state index contributed by atoms with van der Waals surface area (Å²) in [5.74, 6) is 3.11. The zero-order valence-corrected chi connectivity index (χ0v) is 15.0. The van der Waals surface area contributed by atoms with E-state index in [4.69, 9.17) is 5.41 Å². The van der Waals surface area contributed by atoms with Crippen molar-refractivity contribution in [1.82, 2.24) is 0 Å². The van der Waals surface area contributed by atoms with E-state index in [1.54, 1.807) is 5.57 Å². The maximum Gasteiger partial charge on any atom is 0.133 e. The molecular weight excluding hydrogens is 282 g/mol. The van der Waals surface area contributed by atoms with Crippen molar-refractivity contribution in [1.29, 1.82) is 5.41 Å². The lowest BCUT2D eigenvalue weighted by atomic mass is 9.46. The first-order valence-corrected chi connectivity index (χ1v) is 9.65. The fraction of sp³-hybridized carbons (Fsp3) is 0.810. The van der Waals surface area contributed by atoms with Crippen molar-refractivity contribution in [2.45, 2.75) is 72.1 Å². The molecule has 0 spiro atoms. The summed E-state index contributed by atoms with van der Waals surface area (Å²) in [6.45, 7) is 6.74. The molecule has 3 fully saturated rings. The molecule has 0 radical (unpaired) electrons. The second kappa shape index (κ2) is 5.04. The molecule has 4 aliphatic rings. The Morgan fingerprint density at radius 3 is 2.61 bits per heavy atom. The van der Waals surface area contributed by atoms with Crippen molar-refractivity contribution in [2.24, 2.45) is 34.5 Å². The smallest absolute Gasteiger partial charge is 0.133 e. The van der Waals surface area contributed by atoms with Gasteiger partial charge >= 0.3 is 0 Å². The highest BCUT2D eigenvalue weighted by Gasteiger charge is 2.59. The largest absolute Gasteiger partial charge is 0.305 e. The van der Waals surface area contributed by atoms with E-state index in [9.17, 15) is 4.79 Å². The quantitative estimate of drug-likeness (QED) is 0.712. The van der Waals surface area contributed by atoms with Gasteiger partial charge in [0, 0.05) is 11.6 Å². The summed E-state index contributed by atoms with van der Waals surface area (Å²) < 4.78 is 0. The van der Waals surface area contributed by atoms with Crippen LogP contribution in [0.2, 0.25) is 0 Å². The van der Waals surface area contributed by atoms with Crippen molar-refractivity contribution < 1.29 is 4.79 Å². The first-order valence-electron chi connectivity index (χ1n) is 9.65. The van der Waals surface area contributed by atoms with E-state index in [-0.39, 0.29) is 5.41 Å². The first-order chi connectivity index (χ1) is 10.9. The number of carbonyl (C=O) groups excluding carboxylic acids is 1. The standard InChI is InChI=1S/C21H31NO/c1-13(23)17-6-7-18-16-5-4-14-12-15(22)8-10-20(14,2)19(16)9-11-21(17,18)3/h12,16-19,22H,4-11H2,1-3H3. The number of hydrogen-bond donors (Lipinski definition) is 1. The average Bonchev–Trinajstić information content (AvgIpc) is 2.85. The average molecular weight is 313 g/mol. The summed E-state index contributed by atoms with van der Waals surface area (Å²) >= 11 is 0. The molecule has 2 nitrogen and oxygen atoms in total. The van der Waals surface area contributed by atoms with E-state index in [2.05, 4.69) is 19.9 Å². The zero-order valence-electron chi connectivity index (χ0n) is 15.0. The van der Waals surface area contributed by atoms with Crippen LogP contribution in [0.1, 0.15) is 72.1 Å². The van der Waals surface area contributed by atoms with Crippen LogP contribution in [-0.2, 0) is 4.79 Å². The minimum Gasteiger partial charge on any atom is -0.305 e. The van der Waals surface area contributed by atoms with Gasteiger partial charge in [0.15, 0.2) is 0 Å².